The smallest absolute Gasteiger partial charge is 0.255 e. The van der Waals surface area contributed by atoms with Crippen LogP contribution in [0.2, 0.25) is 5.02 Å². The average molecular weight is 530 g/mol. The summed E-state index contributed by atoms with van der Waals surface area (Å²) in [6.45, 7) is 2.20. The second-order valence-electron chi connectivity index (χ2n) is 8.49. The van der Waals surface area contributed by atoms with Gasteiger partial charge in [-0.25, -0.2) is 0 Å². The number of hydrogen-bond donors (Lipinski definition) is 1. The standard InChI is InChI=1S/C26H26BrClN2O3/c1-18-7-12-21(16-23(18)27)29-25(32)26(13-3-2-4-14-26)30(17-22-6-5-15-33-22)24(31)19-8-10-20(28)11-9-19/h5-12,15-16H,2-4,13-14,17H2,1H3,(H,29,32). The van der Waals surface area contributed by atoms with Gasteiger partial charge in [0.25, 0.3) is 5.91 Å². The first-order chi connectivity index (χ1) is 15.9. The fourth-order valence-electron chi connectivity index (χ4n) is 4.40. The van der Waals surface area contributed by atoms with Gasteiger partial charge >= 0.3 is 0 Å². The topological polar surface area (TPSA) is 62.6 Å². The van der Waals surface area contributed by atoms with Gasteiger partial charge in [-0.2, -0.15) is 0 Å². The zero-order chi connectivity index (χ0) is 23.4. The van der Waals surface area contributed by atoms with Crippen LogP contribution < -0.4 is 5.32 Å². The number of anilines is 1. The van der Waals surface area contributed by atoms with Gasteiger partial charge in [-0.05, 0) is 73.9 Å². The number of furan rings is 1. The van der Waals surface area contributed by atoms with Crippen molar-refractivity contribution in [3.63, 3.8) is 0 Å². The maximum atomic E-state index is 13.9. The summed E-state index contributed by atoms with van der Waals surface area (Å²) in [6, 6.07) is 16.1. The van der Waals surface area contributed by atoms with Gasteiger partial charge in [0.2, 0.25) is 5.91 Å². The van der Waals surface area contributed by atoms with Crippen molar-refractivity contribution in [3.8, 4) is 0 Å². The highest BCUT2D eigenvalue weighted by atomic mass is 79.9. The first kappa shape index (κ1) is 23.6. The van der Waals surface area contributed by atoms with Gasteiger partial charge in [-0.1, -0.05) is 52.9 Å². The molecule has 1 N–H and O–H groups in total. The highest BCUT2D eigenvalue weighted by molar-refractivity contribution is 9.10. The summed E-state index contributed by atoms with van der Waals surface area (Å²) in [5.41, 5.74) is 1.28. The van der Waals surface area contributed by atoms with Crippen LogP contribution in [0, 0.1) is 6.92 Å². The monoisotopic (exact) mass is 528 g/mol. The Balaban J connectivity index is 1.73. The number of hydrogen-bond acceptors (Lipinski definition) is 3. The van der Waals surface area contributed by atoms with E-state index in [0.717, 1.165) is 29.3 Å². The Morgan fingerprint density at radius 1 is 1.09 bits per heavy atom. The van der Waals surface area contributed by atoms with Gasteiger partial charge < -0.3 is 14.6 Å². The highest BCUT2D eigenvalue weighted by Crippen LogP contribution is 2.37. The van der Waals surface area contributed by atoms with Crippen LogP contribution >= 0.6 is 27.5 Å². The molecule has 1 saturated carbocycles. The molecule has 2 aromatic carbocycles. The van der Waals surface area contributed by atoms with E-state index in [9.17, 15) is 9.59 Å². The molecule has 1 heterocycles. The zero-order valence-electron chi connectivity index (χ0n) is 18.4. The third kappa shape index (κ3) is 5.17. The van der Waals surface area contributed by atoms with Crippen LogP contribution in [0.4, 0.5) is 5.69 Å². The fraction of sp³-hybridized carbons (Fsp3) is 0.308. The summed E-state index contributed by atoms with van der Waals surface area (Å²) >= 11 is 9.58. The molecular formula is C26H26BrClN2O3. The Hall–Kier alpha value is -2.57. The van der Waals surface area contributed by atoms with E-state index in [-0.39, 0.29) is 18.4 Å². The molecule has 172 valence electrons. The minimum absolute atomic E-state index is 0.174. The zero-order valence-corrected chi connectivity index (χ0v) is 20.8. The fourth-order valence-corrected chi connectivity index (χ4v) is 4.90. The van der Waals surface area contributed by atoms with Gasteiger partial charge in [-0.3, -0.25) is 9.59 Å². The normalized spacial score (nSPS) is 15.1. The SMILES string of the molecule is Cc1ccc(NC(=O)C2(N(Cc3ccco3)C(=O)c3ccc(Cl)cc3)CCCCC2)cc1Br. The van der Waals surface area contributed by atoms with Crippen LogP contribution in [0.25, 0.3) is 0 Å². The van der Waals surface area contributed by atoms with Gasteiger partial charge in [0.15, 0.2) is 0 Å². The quantitative estimate of drug-likeness (QED) is 0.374. The van der Waals surface area contributed by atoms with E-state index in [1.807, 2.05) is 31.2 Å². The molecule has 0 bridgehead atoms. The molecule has 1 aromatic heterocycles. The van der Waals surface area contributed by atoms with E-state index in [0.29, 0.717) is 34.9 Å². The van der Waals surface area contributed by atoms with Crippen LogP contribution in [0.5, 0.6) is 0 Å². The van der Waals surface area contributed by atoms with Crippen molar-refractivity contribution >= 4 is 45.0 Å². The molecule has 1 aliphatic carbocycles. The minimum atomic E-state index is -0.987. The Bertz CT molecular complexity index is 1120. The van der Waals surface area contributed by atoms with Crippen molar-refractivity contribution in [3.05, 3.63) is 87.2 Å². The van der Waals surface area contributed by atoms with Gasteiger partial charge in [0, 0.05) is 20.7 Å². The molecule has 0 aliphatic heterocycles. The summed E-state index contributed by atoms with van der Waals surface area (Å²) in [4.78, 5) is 29.4. The van der Waals surface area contributed by atoms with Gasteiger partial charge in [-0.15, -0.1) is 0 Å². The van der Waals surface area contributed by atoms with Crippen molar-refractivity contribution in [2.75, 3.05) is 5.32 Å². The van der Waals surface area contributed by atoms with Crippen molar-refractivity contribution in [2.24, 2.45) is 0 Å². The van der Waals surface area contributed by atoms with E-state index in [2.05, 4.69) is 21.2 Å². The average Bonchev–Trinajstić information content (AvgIpc) is 3.34. The lowest BCUT2D eigenvalue weighted by molar-refractivity contribution is -0.129. The Morgan fingerprint density at radius 3 is 2.45 bits per heavy atom. The minimum Gasteiger partial charge on any atom is -0.467 e. The number of carbonyl (C=O) groups is 2. The van der Waals surface area contributed by atoms with E-state index < -0.39 is 5.54 Å². The molecular weight excluding hydrogens is 504 g/mol. The van der Waals surface area contributed by atoms with Crippen LogP contribution in [0.15, 0.2) is 69.8 Å². The van der Waals surface area contributed by atoms with Crippen LogP contribution in [0.1, 0.15) is 53.8 Å². The van der Waals surface area contributed by atoms with Gasteiger partial charge in [0.1, 0.15) is 11.3 Å². The summed E-state index contributed by atoms with van der Waals surface area (Å²) in [7, 11) is 0. The predicted molar refractivity (Wildman–Crippen MR) is 133 cm³/mol. The Labute approximate surface area is 207 Å². The van der Waals surface area contributed by atoms with Crippen molar-refractivity contribution in [2.45, 2.75) is 51.1 Å². The molecule has 1 fully saturated rings. The lowest BCUT2D eigenvalue weighted by atomic mass is 9.78. The molecule has 0 saturated heterocycles. The van der Waals surface area contributed by atoms with Crippen molar-refractivity contribution in [1.82, 2.24) is 4.90 Å². The molecule has 4 rings (SSSR count). The van der Waals surface area contributed by atoms with E-state index in [1.165, 1.54) is 0 Å². The number of halogens is 2. The molecule has 0 unspecified atom stereocenters. The van der Waals surface area contributed by atoms with Crippen molar-refractivity contribution < 1.29 is 14.0 Å². The second-order valence-corrected chi connectivity index (χ2v) is 9.78. The number of amides is 2. The summed E-state index contributed by atoms with van der Waals surface area (Å²) in [6.07, 6.45) is 5.53. The molecule has 3 aromatic rings. The number of aryl methyl sites for hydroxylation is 1. The Morgan fingerprint density at radius 2 is 1.82 bits per heavy atom. The summed E-state index contributed by atoms with van der Waals surface area (Å²) < 4.78 is 6.50. The second kappa shape index (κ2) is 10.1. The van der Waals surface area contributed by atoms with E-state index >= 15 is 0 Å². The lowest BCUT2D eigenvalue weighted by Gasteiger charge is -2.44. The van der Waals surface area contributed by atoms with E-state index in [1.54, 1.807) is 41.5 Å². The maximum Gasteiger partial charge on any atom is 0.255 e. The van der Waals surface area contributed by atoms with Crippen LogP contribution in [-0.2, 0) is 11.3 Å². The highest BCUT2D eigenvalue weighted by Gasteiger charge is 2.47. The largest absolute Gasteiger partial charge is 0.467 e. The molecule has 2 amide bonds. The summed E-state index contributed by atoms with van der Waals surface area (Å²) in [5.74, 6) is 0.241. The molecule has 0 atom stereocenters. The molecule has 7 heteroatoms. The number of benzene rings is 2. The number of nitrogens with zero attached hydrogens (tertiary/aromatic N) is 1. The van der Waals surface area contributed by atoms with Gasteiger partial charge in [0.05, 0.1) is 12.8 Å². The number of rotatable bonds is 6. The number of carbonyl (C=O) groups excluding carboxylic acids is 2. The first-order valence-corrected chi connectivity index (χ1v) is 12.2. The Kier molecular flexibility index (Phi) is 7.25. The van der Waals surface area contributed by atoms with Crippen LogP contribution in [-0.4, -0.2) is 22.3 Å². The van der Waals surface area contributed by atoms with Crippen LogP contribution in [0.3, 0.4) is 0 Å². The molecule has 1 aliphatic rings. The first-order valence-electron chi connectivity index (χ1n) is 11.1. The number of nitrogens with one attached hydrogen (secondary N) is 1. The maximum absolute atomic E-state index is 13.9. The molecule has 5 nitrogen and oxygen atoms in total. The van der Waals surface area contributed by atoms with E-state index in [4.69, 9.17) is 16.0 Å². The predicted octanol–water partition coefficient (Wildman–Crippen LogP) is 6.99. The third-order valence-electron chi connectivity index (χ3n) is 6.28. The molecule has 0 spiro atoms. The third-order valence-corrected chi connectivity index (χ3v) is 7.39. The summed E-state index contributed by atoms with van der Waals surface area (Å²) in [5, 5.41) is 3.64. The molecule has 0 radical (unpaired) electrons. The molecule has 33 heavy (non-hydrogen) atoms. The van der Waals surface area contributed by atoms with Crippen molar-refractivity contribution in [1.29, 1.82) is 0 Å². The lowest BCUT2D eigenvalue weighted by Crippen LogP contribution is -2.59.